The summed E-state index contributed by atoms with van der Waals surface area (Å²) in [5.41, 5.74) is 4.06. The number of nitro benzene ring substituents is 2. The number of carbonyl (C=O) groups excluding carboxylic acids is 1. The Morgan fingerprint density at radius 2 is 1.69 bits per heavy atom. The number of nitrogens with one attached hydrogen (secondary N) is 1. The zero-order valence-corrected chi connectivity index (χ0v) is 19.6. The van der Waals surface area contributed by atoms with Crippen molar-refractivity contribution in [3.8, 4) is 23.0 Å². The second kappa shape index (κ2) is 11.4. The Hall–Kier alpha value is -5.00. The van der Waals surface area contributed by atoms with Gasteiger partial charge in [-0.15, -0.1) is 0 Å². The van der Waals surface area contributed by atoms with Gasteiger partial charge in [-0.1, -0.05) is 6.07 Å². The van der Waals surface area contributed by atoms with Crippen molar-refractivity contribution in [2.45, 2.75) is 13.8 Å². The van der Waals surface area contributed by atoms with E-state index in [1.165, 1.54) is 25.5 Å². The van der Waals surface area contributed by atoms with Crippen molar-refractivity contribution in [1.29, 1.82) is 0 Å². The van der Waals surface area contributed by atoms with Crippen LogP contribution < -0.4 is 19.6 Å². The Morgan fingerprint density at radius 1 is 0.944 bits per heavy atom. The minimum atomic E-state index is -0.776. The fourth-order valence-corrected chi connectivity index (χ4v) is 2.98. The van der Waals surface area contributed by atoms with Crippen molar-refractivity contribution in [1.82, 2.24) is 5.43 Å². The number of amides is 1. The van der Waals surface area contributed by atoms with Crippen LogP contribution in [0.4, 0.5) is 11.4 Å². The van der Waals surface area contributed by atoms with E-state index in [4.69, 9.17) is 14.2 Å². The van der Waals surface area contributed by atoms with Gasteiger partial charge in [-0.25, -0.2) is 5.43 Å². The quantitative estimate of drug-likeness (QED) is 0.246. The number of rotatable bonds is 10. The number of methoxy groups -OCH3 is 1. The van der Waals surface area contributed by atoms with Gasteiger partial charge in [0.2, 0.25) is 5.75 Å². The zero-order chi connectivity index (χ0) is 26.2. The number of aryl methyl sites for hydroxylation is 2. The number of non-ortho nitro benzene ring substituents is 1. The van der Waals surface area contributed by atoms with E-state index in [-0.39, 0.29) is 23.9 Å². The van der Waals surface area contributed by atoms with Gasteiger partial charge in [0.15, 0.2) is 18.1 Å². The van der Waals surface area contributed by atoms with Crippen molar-refractivity contribution in [3.63, 3.8) is 0 Å². The van der Waals surface area contributed by atoms with Gasteiger partial charge >= 0.3 is 5.69 Å². The third kappa shape index (κ3) is 6.53. The minimum Gasteiger partial charge on any atom is -0.493 e. The normalized spacial score (nSPS) is 10.6. The lowest BCUT2D eigenvalue weighted by Gasteiger charge is -2.11. The van der Waals surface area contributed by atoms with Gasteiger partial charge in [0, 0.05) is 6.07 Å². The highest BCUT2D eigenvalue weighted by molar-refractivity contribution is 5.83. The van der Waals surface area contributed by atoms with E-state index < -0.39 is 27.1 Å². The number of hydrogen-bond donors (Lipinski definition) is 1. The van der Waals surface area contributed by atoms with Crippen LogP contribution in [0.15, 0.2) is 59.7 Å². The molecule has 0 aromatic heterocycles. The largest absolute Gasteiger partial charge is 0.493 e. The molecule has 1 N–H and O–H groups in total. The molecular formula is C24H22N4O8. The van der Waals surface area contributed by atoms with Gasteiger partial charge in [-0.2, -0.15) is 5.10 Å². The summed E-state index contributed by atoms with van der Waals surface area (Å²) < 4.78 is 16.3. The van der Waals surface area contributed by atoms with Crippen LogP contribution in [0.3, 0.4) is 0 Å². The molecule has 0 aliphatic rings. The van der Waals surface area contributed by atoms with Crippen LogP contribution in [-0.4, -0.2) is 35.7 Å². The molecule has 0 radical (unpaired) electrons. The number of nitrogens with zero attached hydrogens (tertiary/aromatic N) is 3. The van der Waals surface area contributed by atoms with E-state index in [1.54, 1.807) is 12.1 Å². The molecule has 0 fully saturated rings. The molecule has 186 valence electrons. The molecule has 0 atom stereocenters. The first-order valence-corrected chi connectivity index (χ1v) is 10.5. The topological polar surface area (TPSA) is 155 Å². The first-order valence-electron chi connectivity index (χ1n) is 10.5. The maximum absolute atomic E-state index is 12.0. The molecule has 3 aromatic rings. The van der Waals surface area contributed by atoms with Gasteiger partial charge in [0.25, 0.3) is 11.6 Å². The third-order valence-electron chi connectivity index (χ3n) is 5.01. The van der Waals surface area contributed by atoms with E-state index in [9.17, 15) is 25.0 Å². The SMILES string of the molecule is COc1cc(C=NNC(=O)COc2ccc(C)c(C)c2)ccc1Oc1ccc([N+](=O)[O-])cc1[N+](=O)[O-]. The van der Waals surface area contributed by atoms with Crippen molar-refractivity contribution < 1.29 is 28.9 Å². The van der Waals surface area contributed by atoms with Crippen LogP contribution in [0.25, 0.3) is 0 Å². The first kappa shape index (κ1) is 25.6. The molecule has 3 aromatic carbocycles. The van der Waals surface area contributed by atoms with Gasteiger partial charge in [-0.05, 0) is 66.9 Å². The summed E-state index contributed by atoms with van der Waals surface area (Å²) in [4.78, 5) is 32.7. The molecule has 0 saturated carbocycles. The Morgan fingerprint density at radius 3 is 2.36 bits per heavy atom. The molecule has 0 saturated heterocycles. The number of carbonyl (C=O) groups is 1. The number of ether oxygens (including phenoxy) is 3. The van der Waals surface area contributed by atoms with Gasteiger partial charge in [-0.3, -0.25) is 25.0 Å². The van der Waals surface area contributed by atoms with Crippen LogP contribution >= 0.6 is 0 Å². The summed E-state index contributed by atoms with van der Waals surface area (Å²) in [6.07, 6.45) is 1.37. The molecule has 0 spiro atoms. The summed E-state index contributed by atoms with van der Waals surface area (Å²) in [5, 5.41) is 26.1. The molecule has 0 bridgehead atoms. The maximum atomic E-state index is 12.0. The summed E-state index contributed by atoms with van der Waals surface area (Å²) in [6.45, 7) is 3.71. The van der Waals surface area contributed by atoms with Crippen LogP contribution in [-0.2, 0) is 4.79 Å². The van der Waals surface area contributed by atoms with E-state index in [0.717, 1.165) is 29.3 Å². The predicted octanol–water partition coefficient (Wildman–Crippen LogP) is 4.45. The second-order valence-corrected chi connectivity index (χ2v) is 7.51. The van der Waals surface area contributed by atoms with Crippen molar-refractivity contribution in [2.24, 2.45) is 5.10 Å². The van der Waals surface area contributed by atoms with Gasteiger partial charge in [0.05, 0.1) is 29.2 Å². The van der Waals surface area contributed by atoms with Crippen molar-refractivity contribution in [3.05, 3.63) is 91.5 Å². The van der Waals surface area contributed by atoms with Crippen molar-refractivity contribution >= 4 is 23.5 Å². The summed E-state index contributed by atoms with van der Waals surface area (Å²) in [6, 6.07) is 13.2. The number of hydrogen-bond acceptors (Lipinski definition) is 9. The van der Waals surface area contributed by atoms with Crippen LogP contribution in [0.1, 0.15) is 16.7 Å². The minimum absolute atomic E-state index is 0.137. The lowest BCUT2D eigenvalue weighted by atomic mass is 10.1. The molecule has 12 heteroatoms. The Kier molecular flexibility index (Phi) is 8.13. The molecule has 3 rings (SSSR count). The molecule has 0 aliphatic heterocycles. The van der Waals surface area contributed by atoms with E-state index in [1.807, 2.05) is 26.0 Å². The van der Waals surface area contributed by atoms with E-state index >= 15 is 0 Å². The third-order valence-corrected chi connectivity index (χ3v) is 5.01. The smallest absolute Gasteiger partial charge is 0.318 e. The fraction of sp³-hybridized carbons (Fsp3) is 0.167. The Labute approximate surface area is 205 Å². The molecule has 0 heterocycles. The first-order chi connectivity index (χ1) is 17.2. The Balaban J connectivity index is 1.65. The fourth-order valence-electron chi connectivity index (χ4n) is 2.98. The number of nitro groups is 2. The second-order valence-electron chi connectivity index (χ2n) is 7.51. The number of benzene rings is 3. The number of hydrazone groups is 1. The van der Waals surface area contributed by atoms with E-state index in [0.29, 0.717) is 11.3 Å². The average molecular weight is 494 g/mol. The standard InChI is InChI=1S/C24H22N4O8/c1-15-4-7-19(10-16(15)2)35-14-24(29)26-25-13-17-5-8-22(23(11-17)34-3)36-21-9-6-18(27(30)31)12-20(21)28(32)33/h4-13H,14H2,1-3H3,(H,26,29). The highest BCUT2D eigenvalue weighted by Gasteiger charge is 2.22. The van der Waals surface area contributed by atoms with Gasteiger partial charge < -0.3 is 14.2 Å². The average Bonchev–Trinajstić information content (AvgIpc) is 2.85. The predicted molar refractivity (Wildman–Crippen MR) is 130 cm³/mol. The van der Waals surface area contributed by atoms with Crippen LogP contribution in [0, 0.1) is 34.1 Å². The molecule has 0 aliphatic carbocycles. The highest BCUT2D eigenvalue weighted by Crippen LogP contribution is 2.38. The van der Waals surface area contributed by atoms with Crippen LogP contribution in [0.2, 0.25) is 0 Å². The maximum Gasteiger partial charge on any atom is 0.318 e. The lowest BCUT2D eigenvalue weighted by Crippen LogP contribution is -2.24. The summed E-state index contributed by atoms with van der Waals surface area (Å²) >= 11 is 0. The monoisotopic (exact) mass is 494 g/mol. The molecule has 12 nitrogen and oxygen atoms in total. The molecule has 0 unspecified atom stereocenters. The van der Waals surface area contributed by atoms with Crippen LogP contribution in [0.5, 0.6) is 23.0 Å². The van der Waals surface area contributed by atoms with E-state index in [2.05, 4.69) is 10.5 Å². The molecular weight excluding hydrogens is 472 g/mol. The van der Waals surface area contributed by atoms with Crippen molar-refractivity contribution in [2.75, 3.05) is 13.7 Å². The molecule has 1 amide bonds. The molecule has 36 heavy (non-hydrogen) atoms. The lowest BCUT2D eigenvalue weighted by molar-refractivity contribution is -0.394. The summed E-state index contributed by atoms with van der Waals surface area (Å²) in [5.74, 6) is 0.280. The Bertz CT molecular complexity index is 1340. The summed E-state index contributed by atoms with van der Waals surface area (Å²) in [7, 11) is 1.37. The van der Waals surface area contributed by atoms with Gasteiger partial charge in [0.1, 0.15) is 5.75 Å². The highest BCUT2D eigenvalue weighted by atomic mass is 16.6. The zero-order valence-electron chi connectivity index (χ0n) is 19.6.